The van der Waals surface area contributed by atoms with Gasteiger partial charge in [0.2, 0.25) is 0 Å². The number of hydrogen-bond donors (Lipinski definition) is 2. The van der Waals surface area contributed by atoms with Gasteiger partial charge in [-0.3, -0.25) is 4.79 Å². The molecule has 0 saturated carbocycles. The molecule has 0 aliphatic heterocycles. The van der Waals surface area contributed by atoms with Gasteiger partial charge in [0.1, 0.15) is 11.3 Å². The Hall–Kier alpha value is -4.39. The minimum Gasteiger partial charge on any atom is -0.444 e. The summed E-state index contributed by atoms with van der Waals surface area (Å²) >= 11 is 0. The van der Waals surface area contributed by atoms with Gasteiger partial charge in [-0.1, -0.05) is 54.6 Å². The van der Waals surface area contributed by atoms with Gasteiger partial charge >= 0.3 is 6.09 Å². The van der Waals surface area contributed by atoms with Gasteiger partial charge < -0.3 is 15.4 Å². The van der Waals surface area contributed by atoms with Crippen molar-refractivity contribution in [2.75, 3.05) is 5.32 Å². The minimum atomic E-state index is -0.568. The number of aromatic nitrogens is 2. The summed E-state index contributed by atoms with van der Waals surface area (Å²) in [5.74, 6) is -0.255. The average Bonchev–Trinajstić information content (AvgIpc) is 3.25. The van der Waals surface area contributed by atoms with E-state index in [-0.39, 0.29) is 5.91 Å². The second-order valence-corrected chi connectivity index (χ2v) is 9.92. The van der Waals surface area contributed by atoms with Crippen LogP contribution in [-0.2, 0) is 17.7 Å². The molecule has 0 radical (unpaired) electrons. The normalized spacial score (nSPS) is 11.1. The summed E-state index contributed by atoms with van der Waals surface area (Å²) in [5.41, 5.74) is 5.19. The van der Waals surface area contributed by atoms with Gasteiger partial charge in [-0.15, -0.1) is 0 Å². The molecule has 0 atom stereocenters. The van der Waals surface area contributed by atoms with Crippen LogP contribution in [0.25, 0.3) is 5.69 Å². The van der Waals surface area contributed by atoms with Gasteiger partial charge in [0, 0.05) is 12.2 Å². The van der Waals surface area contributed by atoms with E-state index in [1.165, 1.54) is 5.56 Å². The van der Waals surface area contributed by atoms with Gasteiger partial charge in [-0.25, -0.2) is 9.48 Å². The van der Waals surface area contributed by atoms with Crippen molar-refractivity contribution in [2.45, 2.75) is 46.3 Å². The van der Waals surface area contributed by atoms with Gasteiger partial charge in [0.05, 0.1) is 11.4 Å². The topological polar surface area (TPSA) is 85.2 Å². The molecule has 7 heteroatoms. The third-order valence-electron chi connectivity index (χ3n) is 5.49. The van der Waals surface area contributed by atoms with E-state index in [0.717, 1.165) is 34.6 Å². The zero-order valence-corrected chi connectivity index (χ0v) is 21.6. The summed E-state index contributed by atoms with van der Waals surface area (Å²) in [6.07, 6.45) is 0.300. The highest BCUT2D eigenvalue weighted by atomic mass is 16.6. The molecule has 0 unspecified atom stereocenters. The van der Waals surface area contributed by atoms with E-state index in [9.17, 15) is 9.59 Å². The van der Waals surface area contributed by atoms with Crippen LogP contribution in [0.15, 0.2) is 84.9 Å². The number of hydrogen-bond acceptors (Lipinski definition) is 4. The Kier molecular flexibility index (Phi) is 7.72. The average molecular weight is 497 g/mol. The molecule has 0 fully saturated rings. The van der Waals surface area contributed by atoms with Gasteiger partial charge in [-0.2, -0.15) is 5.10 Å². The van der Waals surface area contributed by atoms with Crippen molar-refractivity contribution in [3.05, 3.63) is 113 Å². The Balaban J connectivity index is 1.48. The lowest BCUT2D eigenvalue weighted by Crippen LogP contribution is -2.32. The molecule has 0 bridgehead atoms. The highest BCUT2D eigenvalue weighted by Crippen LogP contribution is 2.19. The van der Waals surface area contributed by atoms with Crippen molar-refractivity contribution in [3.63, 3.8) is 0 Å². The first-order chi connectivity index (χ1) is 17.7. The lowest BCUT2D eigenvalue weighted by atomic mass is 10.0. The van der Waals surface area contributed by atoms with Crippen molar-refractivity contribution in [1.29, 1.82) is 0 Å². The molecule has 0 aliphatic carbocycles. The molecule has 37 heavy (non-hydrogen) atoms. The monoisotopic (exact) mass is 496 g/mol. The first-order valence-corrected chi connectivity index (χ1v) is 12.2. The minimum absolute atomic E-state index is 0.255. The van der Waals surface area contributed by atoms with Crippen molar-refractivity contribution >= 4 is 17.7 Å². The zero-order chi connectivity index (χ0) is 26.4. The number of anilines is 1. The standard InChI is InChI=1S/C30H32N4O3/c1-21-16-27(28(35)32-25-14-8-12-23(18-25)17-22-10-6-5-7-11-22)34(33-21)26-15-9-13-24(19-26)20-31-29(36)37-30(2,3)4/h5-16,18-19H,17,20H2,1-4H3,(H,31,36)(H,32,35). The molecule has 0 saturated heterocycles. The third-order valence-corrected chi connectivity index (χ3v) is 5.49. The predicted octanol–water partition coefficient (Wildman–Crippen LogP) is 6.05. The van der Waals surface area contributed by atoms with Gasteiger partial charge in [0.15, 0.2) is 0 Å². The first-order valence-electron chi connectivity index (χ1n) is 12.2. The number of ether oxygens (including phenoxy) is 1. The SMILES string of the molecule is Cc1cc(C(=O)Nc2cccc(Cc3ccccc3)c2)n(-c2cccc(CNC(=O)OC(C)(C)C)c2)n1. The third kappa shape index (κ3) is 7.30. The van der Waals surface area contributed by atoms with Crippen LogP contribution in [0.2, 0.25) is 0 Å². The summed E-state index contributed by atoms with van der Waals surface area (Å²) in [7, 11) is 0. The Morgan fingerprint density at radius 3 is 2.32 bits per heavy atom. The van der Waals surface area contributed by atoms with Crippen LogP contribution in [0.3, 0.4) is 0 Å². The second kappa shape index (κ2) is 11.1. The molecule has 190 valence electrons. The maximum absolute atomic E-state index is 13.3. The molecule has 0 aliphatic rings. The predicted molar refractivity (Wildman–Crippen MR) is 145 cm³/mol. The lowest BCUT2D eigenvalue weighted by molar-refractivity contribution is 0.0523. The van der Waals surface area contributed by atoms with Crippen LogP contribution in [0, 0.1) is 6.92 Å². The quantitative estimate of drug-likeness (QED) is 0.326. The molecule has 2 N–H and O–H groups in total. The fraction of sp³-hybridized carbons (Fsp3) is 0.233. The number of rotatable bonds is 7. The zero-order valence-electron chi connectivity index (χ0n) is 21.6. The van der Waals surface area contributed by atoms with Crippen molar-refractivity contribution in [1.82, 2.24) is 15.1 Å². The summed E-state index contributed by atoms with van der Waals surface area (Å²) in [4.78, 5) is 25.3. The van der Waals surface area contributed by atoms with Crippen LogP contribution < -0.4 is 10.6 Å². The number of alkyl carbamates (subject to hydrolysis) is 1. The number of amides is 2. The molecule has 1 heterocycles. The number of nitrogens with zero attached hydrogens (tertiary/aromatic N) is 2. The maximum atomic E-state index is 13.3. The van der Waals surface area contributed by atoms with E-state index in [0.29, 0.717) is 12.2 Å². The van der Waals surface area contributed by atoms with E-state index in [1.807, 2.05) is 94.4 Å². The number of benzene rings is 3. The van der Waals surface area contributed by atoms with Gasteiger partial charge in [0.25, 0.3) is 5.91 Å². The van der Waals surface area contributed by atoms with Crippen LogP contribution in [0.5, 0.6) is 0 Å². The second-order valence-electron chi connectivity index (χ2n) is 9.92. The van der Waals surface area contributed by atoms with E-state index in [2.05, 4.69) is 27.9 Å². The fourth-order valence-electron chi connectivity index (χ4n) is 3.93. The first kappa shape index (κ1) is 25.7. The Labute approximate surface area is 217 Å². The maximum Gasteiger partial charge on any atom is 0.407 e. The number of aryl methyl sites for hydroxylation is 1. The van der Waals surface area contributed by atoms with Crippen LogP contribution in [0.4, 0.5) is 10.5 Å². The Bertz CT molecular complexity index is 1390. The smallest absolute Gasteiger partial charge is 0.407 e. The van der Waals surface area contributed by atoms with Gasteiger partial charge in [-0.05, 0) is 81.1 Å². The number of carbonyl (C=O) groups excluding carboxylic acids is 2. The summed E-state index contributed by atoms with van der Waals surface area (Å²) in [6, 6.07) is 27.4. The van der Waals surface area contributed by atoms with E-state index in [4.69, 9.17) is 4.74 Å². The molecule has 4 aromatic rings. The van der Waals surface area contributed by atoms with E-state index < -0.39 is 11.7 Å². The number of carbonyl (C=O) groups is 2. The van der Waals surface area contributed by atoms with Crippen LogP contribution in [-0.4, -0.2) is 27.4 Å². The van der Waals surface area contributed by atoms with E-state index >= 15 is 0 Å². The number of nitrogens with one attached hydrogen (secondary N) is 2. The lowest BCUT2D eigenvalue weighted by Gasteiger charge is -2.19. The molecule has 4 rings (SSSR count). The Morgan fingerprint density at radius 2 is 1.57 bits per heavy atom. The molecule has 3 aromatic carbocycles. The Morgan fingerprint density at radius 1 is 0.865 bits per heavy atom. The van der Waals surface area contributed by atoms with E-state index in [1.54, 1.807) is 10.7 Å². The van der Waals surface area contributed by atoms with Crippen molar-refractivity contribution < 1.29 is 14.3 Å². The summed E-state index contributed by atoms with van der Waals surface area (Å²) in [6.45, 7) is 7.60. The van der Waals surface area contributed by atoms with Crippen LogP contribution >= 0.6 is 0 Å². The molecule has 7 nitrogen and oxygen atoms in total. The van der Waals surface area contributed by atoms with Crippen molar-refractivity contribution in [2.24, 2.45) is 0 Å². The summed E-state index contributed by atoms with van der Waals surface area (Å²) in [5, 5.41) is 10.3. The molecular formula is C30H32N4O3. The molecule has 1 aromatic heterocycles. The highest BCUT2D eigenvalue weighted by molar-refractivity contribution is 6.03. The largest absolute Gasteiger partial charge is 0.444 e. The fourth-order valence-corrected chi connectivity index (χ4v) is 3.93. The molecule has 0 spiro atoms. The summed E-state index contributed by atoms with van der Waals surface area (Å²) < 4.78 is 6.93. The molecule has 2 amide bonds. The van der Waals surface area contributed by atoms with Crippen molar-refractivity contribution in [3.8, 4) is 5.69 Å². The molecular weight excluding hydrogens is 464 g/mol. The highest BCUT2D eigenvalue weighted by Gasteiger charge is 2.18. The van der Waals surface area contributed by atoms with Crippen LogP contribution in [0.1, 0.15) is 53.6 Å².